The predicted octanol–water partition coefficient (Wildman–Crippen LogP) is 0.238. The van der Waals surface area contributed by atoms with E-state index in [2.05, 4.69) is 25.9 Å². The first kappa shape index (κ1) is 14.3. The Morgan fingerprint density at radius 2 is 2.26 bits per heavy atom. The first-order valence-electron chi connectivity index (χ1n) is 8.23. The first-order chi connectivity index (χ1) is 11.2. The highest BCUT2D eigenvalue weighted by molar-refractivity contribution is 5.79. The highest BCUT2D eigenvalue weighted by Gasteiger charge is 2.27. The molecule has 4 rings (SSSR count). The summed E-state index contributed by atoms with van der Waals surface area (Å²) >= 11 is 0. The summed E-state index contributed by atoms with van der Waals surface area (Å²) in [6, 6.07) is 0. The molecule has 0 spiro atoms. The molecular formula is C15H21N7O. The van der Waals surface area contributed by atoms with Crippen LogP contribution in [0.25, 0.3) is 0 Å². The third kappa shape index (κ3) is 2.97. The Balaban J connectivity index is 1.35. The normalized spacial score (nSPS) is 20.3. The zero-order valence-electron chi connectivity index (χ0n) is 13.3. The number of hydrogen-bond donors (Lipinski definition) is 1. The summed E-state index contributed by atoms with van der Waals surface area (Å²) in [5.74, 6) is 1.53. The van der Waals surface area contributed by atoms with Gasteiger partial charge in [-0.25, -0.2) is 4.68 Å². The lowest BCUT2D eigenvalue weighted by molar-refractivity contribution is -0.125. The molecule has 1 atom stereocenters. The molecule has 1 saturated carbocycles. The molecule has 1 N–H and O–H groups in total. The minimum absolute atomic E-state index is 0.00524. The highest BCUT2D eigenvalue weighted by Crippen LogP contribution is 2.30. The Labute approximate surface area is 134 Å². The summed E-state index contributed by atoms with van der Waals surface area (Å²) in [7, 11) is 1.94. The second-order valence-electron chi connectivity index (χ2n) is 6.62. The van der Waals surface area contributed by atoms with E-state index in [4.69, 9.17) is 0 Å². The molecule has 122 valence electrons. The fourth-order valence-electron chi connectivity index (χ4n) is 3.22. The van der Waals surface area contributed by atoms with Crippen LogP contribution < -0.4 is 5.32 Å². The maximum absolute atomic E-state index is 12.5. The van der Waals surface area contributed by atoms with Crippen molar-refractivity contribution >= 4 is 5.91 Å². The minimum Gasteiger partial charge on any atom is -0.348 e. The Morgan fingerprint density at radius 1 is 1.39 bits per heavy atom. The highest BCUT2D eigenvalue weighted by atomic mass is 16.1. The largest absolute Gasteiger partial charge is 0.348 e. The average Bonchev–Trinajstić information content (AvgIpc) is 3.15. The predicted molar refractivity (Wildman–Crippen MR) is 81.1 cm³/mol. The van der Waals surface area contributed by atoms with Gasteiger partial charge in [0, 0.05) is 31.6 Å². The van der Waals surface area contributed by atoms with Gasteiger partial charge in [-0.15, -0.1) is 5.10 Å². The average molecular weight is 315 g/mol. The van der Waals surface area contributed by atoms with Gasteiger partial charge in [0.1, 0.15) is 0 Å². The molecule has 2 aromatic rings. The lowest BCUT2D eigenvalue weighted by Crippen LogP contribution is -2.34. The molecule has 2 aliphatic carbocycles. The molecule has 2 heterocycles. The summed E-state index contributed by atoms with van der Waals surface area (Å²) in [4.78, 5) is 12.5. The molecule has 0 radical (unpaired) electrons. The summed E-state index contributed by atoms with van der Waals surface area (Å²) < 4.78 is 3.70. The topological polar surface area (TPSA) is 90.5 Å². The number of tetrazole rings is 1. The van der Waals surface area contributed by atoms with Gasteiger partial charge < -0.3 is 5.32 Å². The third-order valence-electron chi connectivity index (χ3n) is 4.88. The van der Waals surface area contributed by atoms with Gasteiger partial charge in [0.05, 0.1) is 12.7 Å². The fourth-order valence-corrected chi connectivity index (χ4v) is 3.22. The van der Waals surface area contributed by atoms with Crippen molar-refractivity contribution in [1.29, 1.82) is 0 Å². The van der Waals surface area contributed by atoms with E-state index in [1.165, 1.54) is 24.1 Å². The van der Waals surface area contributed by atoms with Gasteiger partial charge in [0.2, 0.25) is 5.91 Å². The fraction of sp³-hybridized carbons (Fsp3) is 0.667. The molecule has 1 amide bonds. The maximum Gasteiger partial charge on any atom is 0.223 e. The number of carbonyl (C=O) groups excluding carboxylic acids is 1. The van der Waals surface area contributed by atoms with Crippen LogP contribution in [0.15, 0.2) is 6.20 Å². The van der Waals surface area contributed by atoms with Crippen LogP contribution in [0.5, 0.6) is 0 Å². The number of hydrogen-bond acceptors (Lipinski definition) is 5. The Hall–Kier alpha value is -2.25. The van der Waals surface area contributed by atoms with Crippen LogP contribution in [0.4, 0.5) is 0 Å². The molecule has 0 bridgehead atoms. The molecular weight excluding hydrogens is 294 g/mol. The number of fused-ring (bicyclic) bond motifs is 1. The van der Waals surface area contributed by atoms with E-state index in [9.17, 15) is 4.79 Å². The summed E-state index contributed by atoms with van der Waals surface area (Å²) in [6.45, 7) is 1.26. The number of aromatic nitrogens is 6. The minimum atomic E-state index is 0.00524. The van der Waals surface area contributed by atoms with Crippen LogP contribution in [0.3, 0.4) is 0 Å². The van der Waals surface area contributed by atoms with E-state index >= 15 is 0 Å². The van der Waals surface area contributed by atoms with Crippen molar-refractivity contribution in [2.45, 2.75) is 45.2 Å². The van der Waals surface area contributed by atoms with Crippen molar-refractivity contribution in [3.8, 4) is 0 Å². The summed E-state index contributed by atoms with van der Waals surface area (Å²) in [5, 5.41) is 19.0. The number of carbonyl (C=O) groups is 1. The van der Waals surface area contributed by atoms with Crippen molar-refractivity contribution in [2.24, 2.45) is 18.9 Å². The number of rotatable bonds is 5. The van der Waals surface area contributed by atoms with Gasteiger partial charge in [-0.2, -0.15) is 5.10 Å². The van der Waals surface area contributed by atoms with Crippen molar-refractivity contribution in [1.82, 2.24) is 35.3 Å². The van der Waals surface area contributed by atoms with Crippen molar-refractivity contribution < 1.29 is 4.79 Å². The van der Waals surface area contributed by atoms with Gasteiger partial charge in [-0.1, -0.05) is 0 Å². The molecule has 0 saturated heterocycles. The van der Waals surface area contributed by atoms with Crippen LogP contribution in [0.1, 0.15) is 36.3 Å². The molecule has 0 aromatic carbocycles. The molecule has 1 fully saturated rings. The second kappa shape index (κ2) is 5.75. The van der Waals surface area contributed by atoms with Crippen LogP contribution in [0, 0.1) is 11.8 Å². The van der Waals surface area contributed by atoms with Crippen LogP contribution in [-0.2, 0) is 37.8 Å². The van der Waals surface area contributed by atoms with Crippen molar-refractivity contribution in [2.75, 3.05) is 0 Å². The van der Waals surface area contributed by atoms with Crippen LogP contribution in [0.2, 0.25) is 0 Å². The Morgan fingerprint density at radius 3 is 3.09 bits per heavy atom. The van der Waals surface area contributed by atoms with Gasteiger partial charge in [-0.3, -0.25) is 9.48 Å². The monoisotopic (exact) mass is 315 g/mol. The van der Waals surface area contributed by atoms with E-state index in [1.54, 1.807) is 0 Å². The SMILES string of the molecule is Cn1ncc2c1CC(C(=O)NCc1nnnn1CC1CC1)CC2. The Kier molecular flexibility index (Phi) is 3.59. The van der Waals surface area contributed by atoms with Crippen LogP contribution >= 0.6 is 0 Å². The molecule has 1 unspecified atom stereocenters. The first-order valence-corrected chi connectivity index (χ1v) is 8.23. The zero-order valence-corrected chi connectivity index (χ0v) is 13.3. The van der Waals surface area contributed by atoms with Gasteiger partial charge >= 0.3 is 0 Å². The summed E-state index contributed by atoms with van der Waals surface area (Å²) in [6.07, 6.45) is 6.96. The van der Waals surface area contributed by atoms with Crippen LogP contribution in [-0.4, -0.2) is 35.9 Å². The number of amides is 1. The smallest absolute Gasteiger partial charge is 0.223 e. The van der Waals surface area contributed by atoms with Gasteiger partial charge in [0.15, 0.2) is 5.82 Å². The van der Waals surface area contributed by atoms with Crippen molar-refractivity contribution in [3.05, 3.63) is 23.3 Å². The molecule has 2 aromatic heterocycles. The van der Waals surface area contributed by atoms with Gasteiger partial charge in [-0.05, 0) is 47.6 Å². The van der Waals surface area contributed by atoms with Crippen molar-refractivity contribution in [3.63, 3.8) is 0 Å². The lowest BCUT2D eigenvalue weighted by atomic mass is 9.87. The lowest BCUT2D eigenvalue weighted by Gasteiger charge is -2.21. The standard InChI is InChI=1S/C15H21N7O/c1-21-13-6-11(4-5-12(13)7-17-21)15(23)16-8-14-18-19-20-22(14)9-10-2-3-10/h7,10-11H,2-6,8-9H2,1H3,(H,16,23). The molecule has 8 nitrogen and oxygen atoms in total. The number of aryl methyl sites for hydroxylation is 2. The number of nitrogens with one attached hydrogen (secondary N) is 1. The van der Waals surface area contributed by atoms with E-state index < -0.39 is 0 Å². The van der Waals surface area contributed by atoms with E-state index in [0.29, 0.717) is 12.5 Å². The number of nitrogens with zero attached hydrogens (tertiary/aromatic N) is 6. The quantitative estimate of drug-likeness (QED) is 0.853. The Bertz CT molecular complexity index is 715. The second-order valence-corrected chi connectivity index (χ2v) is 6.62. The van der Waals surface area contributed by atoms with E-state index in [0.717, 1.165) is 31.6 Å². The summed E-state index contributed by atoms with van der Waals surface area (Å²) in [5.41, 5.74) is 2.44. The van der Waals surface area contributed by atoms with E-state index in [1.807, 2.05) is 22.6 Å². The van der Waals surface area contributed by atoms with E-state index in [-0.39, 0.29) is 11.8 Å². The van der Waals surface area contributed by atoms with Gasteiger partial charge in [0.25, 0.3) is 0 Å². The zero-order chi connectivity index (χ0) is 15.8. The third-order valence-corrected chi connectivity index (χ3v) is 4.88. The molecule has 8 heteroatoms. The molecule has 0 aliphatic heterocycles. The molecule has 23 heavy (non-hydrogen) atoms. The molecule has 2 aliphatic rings. The maximum atomic E-state index is 12.5.